The molecule has 7 nitrogen and oxygen atoms in total. The molecular weight excluding hydrogens is 260 g/mol. The summed E-state index contributed by atoms with van der Waals surface area (Å²) >= 11 is 0. The van der Waals surface area contributed by atoms with Crippen LogP contribution in [-0.2, 0) is 19.0 Å². The summed E-state index contributed by atoms with van der Waals surface area (Å²) in [5.74, 6) is 0.106. The summed E-state index contributed by atoms with van der Waals surface area (Å²) in [5, 5.41) is 1.66. The quantitative estimate of drug-likeness (QED) is 0.747. The number of ether oxygens (including phenoxy) is 1. The summed E-state index contributed by atoms with van der Waals surface area (Å²) in [7, 11) is -3.39. The van der Waals surface area contributed by atoms with Crippen LogP contribution in [0.3, 0.4) is 0 Å². The fourth-order valence-corrected chi connectivity index (χ4v) is 1.86. The Morgan fingerprint density at radius 2 is 1.94 bits per heavy atom. The number of nitrogens with one attached hydrogen (secondary N) is 1. The number of hydrazine groups is 1. The fraction of sp³-hybridized carbons (Fsp3) is 0.900. The van der Waals surface area contributed by atoms with E-state index in [9.17, 15) is 13.2 Å². The summed E-state index contributed by atoms with van der Waals surface area (Å²) < 4.78 is 31.3. The first-order valence-corrected chi connectivity index (χ1v) is 7.46. The molecule has 1 heterocycles. The van der Waals surface area contributed by atoms with Crippen LogP contribution in [0.4, 0.5) is 4.79 Å². The van der Waals surface area contributed by atoms with Gasteiger partial charge in [-0.1, -0.05) is 0 Å². The van der Waals surface area contributed by atoms with E-state index in [-0.39, 0.29) is 12.5 Å². The van der Waals surface area contributed by atoms with Crippen molar-refractivity contribution in [2.45, 2.75) is 26.4 Å². The number of rotatable bonds is 4. The van der Waals surface area contributed by atoms with Crippen LogP contribution in [0.25, 0.3) is 0 Å². The molecule has 1 saturated heterocycles. The van der Waals surface area contributed by atoms with Gasteiger partial charge in [-0.05, 0) is 20.8 Å². The second-order valence-corrected chi connectivity index (χ2v) is 7.02. The van der Waals surface area contributed by atoms with Crippen LogP contribution in [0.5, 0.6) is 0 Å². The van der Waals surface area contributed by atoms with Crippen LogP contribution in [0, 0.1) is 5.92 Å². The zero-order chi connectivity index (χ0) is 14.0. The van der Waals surface area contributed by atoms with E-state index in [0.29, 0.717) is 13.1 Å². The van der Waals surface area contributed by atoms with Crippen molar-refractivity contribution in [3.63, 3.8) is 0 Å². The minimum absolute atomic E-state index is 0.106. The molecule has 18 heavy (non-hydrogen) atoms. The summed E-state index contributed by atoms with van der Waals surface area (Å²) in [6, 6.07) is 0. The van der Waals surface area contributed by atoms with Crippen LogP contribution < -0.4 is 5.43 Å². The van der Waals surface area contributed by atoms with Gasteiger partial charge in [0, 0.05) is 19.0 Å². The van der Waals surface area contributed by atoms with Crippen molar-refractivity contribution in [2.24, 2.45) is 5.92 Å². The molecule has 0 aromatic carbocycles. The van der Waals surface area contributed by atoms with E-state index in [0.717, 1.165) is 6.26 Å². The van der Waals surface area contributed by atoms with E-state index >= 15 is 0 Å². The van der Waals surface area contributed by atoms with Gasteiger partial charge in [-0.2, -0.15) is 8.42 Å². The molecule has 0 atom stereocenters. The predicted molar refractivity (Wildman–Crippen MR) is 65.2 cm³/mol. The summed E-state index contributed by atoms with van der Waals surface area (Å²) in [4.78, 5) is 11.4. The second-order valence-electron chi connectivity index (χ2n) is 5.37. The van der Waals surface area contributed by atoms with Crippen LogP contribution in [0.2, 0.25) is 0 Å². The van der Waals surface area contributed by atoms with Gasteiger partial charge in [-0.3, -0.25) is 9.61 Å². The minimum atomic E-state index is -3.39. The first-order chi connectivity index (χ1) is 8.05. The fourth-order valence-electron chi connectivity index (χ4n) is 1.42. The molecule has 0 bridgehead atoms. The highest BCUT2D eigenvalue weighted by Crippen LogP contribution is 2.15. The molecular formula is C10H20N2O5S. The minimum Gasteiger partial charge on any atom is -0.443 e. The van der Waals surface area contributed by atoms with Gasteiger partial charge in [-0.15, -0.1) is 0 Å². The number of carbonyl (C=O) groups excluding carboxylic acids is 1. The van der Waals surface area contributed by atoms with E-state index in [1.54, 1.807) is 25.8 Å². The highest BCUT2D eigenvalue weighted by atomic mass is 32.2. The van der Waals surface area contributed by atoms with Gasteiger partial charge >= 0.3 is 6.09 Å². The maximum atomic E-state index is 11.4. The Morgan fingerprint density at radius 1 is 1.39 bits per heavy atom. The predicted octanol–water partition coefficient (Wildman–Crippen LogP) is 0.334. The maximum Gasteiger partial charge on any atom is 0.422 e. The Labute approximate surface area is 108 Å². The smallest absolute Gasteiger partial charge is 0.422 e. The lowest BCUT2D eigenvalue weighted by molar-refractivity contribution is -0.00748. The summed E-state index contributed by atoms with van der Waals surface area (Å²) in [5.41, 5.74) is 2.03. The monoisotopic (exact) mass is 280 g/mol. The van der Waals surface area contributed by atoms with E-state index in [2.05, 4.69) is 9.61 Å². The van der Waals surface area contributed by atoms with Crippen molar-refractivity contribution in [2.75, 3.05) is 26.0 Å². The van der Waals surface area contributed by atoms with E-state index in [1.807, 2.05) is 0 Å². The molecule has 1 N–H and O–H groups in total. The molecule has 0 unspecified atom stereocenters. The third kappa shape index (κ3) is 6.18. The van der Waals surface area contributed by atoms with Crippen LogP contribution in [-0.4, -0.2) is 51.1 Å². The van der Waals surface area contributed by atoms with Gasteiger partial charge in [-0.25, -0.2) is 9.80 Å². The number of hydrogen-bond acceptors (Lipinski definition) is 6. The highest BCUT2D eigenvalue weighted by Gasteiger charge is 2.30. The second kappa shape index (κ2) is 5.41. The Balaban J connectivity index is 2.18. The number of carbonyl (C=O) groups is 1. The molecule has 1 aliphatic rings. The van der Waals surface area contributed by atoms with Crippen molar-refractivity contribution in [3.8, 4) is 0 Å². The first kappa shape index (κ1) is 15.2. The third-order valence-electron chi connectivity index (χ3n) is 2.12. The Kier molecular flexibility index (Phi) is 4.57. The molecule has 106 valence electrons. The van der Waals surface area contributed by atoms with Gasteiger partial charge in [0.25, 0.3) is 10.1 Å². The van der Waals surface area contributed by atoms with Crippen molar-refractivity contribution in [3.05, 3.63) is 0 Å². The summed E-state index contributed by atoms with van der Waals surface area (Å²) in [6.45, 7) is 6.59. The molecule has 1 amide bonds. The molecule has 0 saturated carbocycles. The van der Waals surface area contributed by atoms with Gasteiger partial charge in [0.15, 0.2) is 0 Å². The molecule has 1 fully saturated rings. The lowest BCUT2D eigenvalue weighted by Crippen LogP contribution is -2.57. The molecule has 1 aliphatic heterocycles. The molecule has 0 aromatic rings. The highest BCUT2D eigenvalue weighted by molar-refractivity contribution is 7.85. The lowest BCUT2D eigenvalue weighted by atomic mass is 10.0. The van der Waals surface area contributed by atoms with Crippen molar-refractivity contribution < 1.29 is 22.1 Å². The largest absolute Gasteiger partial charge is 0.443 e. The number of amides is 1. The standard InChI is InChI=1S/C10H20N2O5S/c1-10(2,3)17-9(13)11-12-5-8(6-12)7-16-18(4,14)15/h8H,5-7H2,1-4H3,(H,11,13). The Morgan fingerprint density at radius 3 is 2.39 bits per heavy atom. The zero-order valence-electron chi connectivity index (χ0n) is 11.1. The molecule has 8 heteroatoms. The van der Waals surface area contributed by atoms with Crippen LogP contribution in [0.15, 0.2) is 0 Å². The van der Waals surface area contributed by atoms with Gasteiger partial charge in [0.05, 0.1) is 12.9 Å². The zero-order valence-corrected chi connectivity index (χ0v) is 11.9. The topological polar surface area (TPSA) is 84.9 Å². The Bertz CT molecular complexity index is 395. The van der Waals surface area contributed by atoms with Gasteiger partial charge in [0.2, 0.25) is 0 Å². The number of nitrogens with zero attached hydrogens (tertiary/aromatic N) is 1. The lowest BCUT2D eigenvalue weighted by Gasteiger charge is -2.38. The average Bonchev–Trinajstić information content (AvgIpc) is 2.03. The SMILES string of the molecule is CC(C)(C)OC(=O)NN1CC(COS(C)(=O)=O)C1. The van der Waals surface area contributed by atoms with Crippen molar-refractivity contribution in [1.82, 2.24) is 10.4 Å². The van der Waals surface area contributed by atoms with Gasteiger partial charge < -0.3 is 4.74 Å². The molecule has 0 radical (unpaired) electrons. The molecule has 0 aliphatic carbocycles. The first-order valence-electron chi connectivity index (χ1n) is 5.64. The normalized spacial score (nSPS) is 18.2. The summed E-state index contributed by atoms with van der Waals surface area (Å²) in [6.07, 6.45) is 0.507. The Hall–Kier alpha value is -0.860. The van der Waals surface area contributed by atoms with Crippen molar-refractivity contribution >= 4 is 16.2 Å². The van der Waals surface area contributed by atoms with Crippen LogP contribution in [0.1, 0.15) is 20.8 Å². The van der Waals surface area contributed by atoms with E-state index < -0.39 is 21.8 Å². The average molecular weight is 280 g/mol. The van der Waals surface area contributed by atoms with E-state index in [4.69, 9.17) is 4.74 Å². The molecule has 0 aromatic heterocycles. The number of hydrogen-bond donors (Lipinski definition) is 1. The van der Waals surface area contributed by atoms with E-state index in [1.165, 1.54) is 0 Å². The van der Waals surface area contributed by atoms with Crippen LogP contribution >= 0.6 is 0 Å². The molecule has 0 spiro atoms. The van der Waals surface area contributed by atoms with Gasteiger partial charge in [0.1, 0.15) is 5.60 Å². The maximum absolute atomic E-state index is 11.4. The molecule has 1 rings (SSSR count). The third-order valence-corrected chi connectivity index (χ3v) is 2.69. The van der Waals surface area contributed by atoms with Crippen molar-refractivity contribution in [1.29, 1.82) is 0 Å².